The third-order valence-electron chi connectivity index (χ3n) is 2.58. The summed E-state index contributed by atoms with van der Waals surface area (Å²) in [6, 6.07) is 0. The van der Waals surface area contributed by atoms with Gasteiger partial charge in [-0.1, -0.05) is 18.5 Å². The number of aromatic nitrogens is 1. The zero-order valence-electron chi connectivity index (χ0n) is 8.78. The molecule has 0 amide bonds. The molecule has 1 fully saturated rings. The molecule has 0 N–H and O–H groups in total. The second-order valence-corrected chi connectivity index (χ2v) is 6.82. The van der Waals surface area contributed by atoms with E-state index in [0.717, 1.165) is 11.8 Å². The van der Waals surface area contributed by atoms with Crippen molar-refractivity contribution in [2.75, 3.05) is 18.8 Å². The smallest absolute Gasteiger partial charge is 0.183 e. The Bertz CT molecular complexity index is 316. The molecule has 5 heteroatoms. The second-order valence-electron chi connectivity index (χ2n) is 3.72. The Kier molecular flexibility index (Phi) is 4.31. The molecule has 0 bridgehead atoms. The van der Waals surface area contributed by atoms with Gasteiger partial charge in [0, 0.05) is 41.7 Å². The molecule has 1 aromatic rings. The number of hydrogen-bond acceptors (Lipinski definition) is 4. The molecule has 1 saturated heterocycles. The lowest BCUT2D eigenvalue weighted by Crippen LogP contribution is -2.36. The van der Waals surface area contributed by atoms with Crippen LogP contribution in [0.2, 0.25) is 4.47 Å². The lowest BCUT2D eigenvalue weighted by atomic mass is 10.3. The molecule has 0 spiro atoms. The van der Waals surface area contributed by atoms with Crippen molar-refractivity contribution in [2.45, 2.75) is 25.1 Å². The summed E-state index contributed by atoms with van der Waals surface area (Å²) in [5, 5.41) is 0.808. The highest BCUT2D eigenvalue weighted by Crippen LogP contribution is 2.24. The fourth-order valence-electron chi connectivity index (χ4n) is 1.75. The van der Waals surface area contributed by atoms with Crippen molar-refractivity contribution in [3.63, 3.8) is 0 Å². The lowest BCUT2D eigenvalue weighted by molar-refractivity contribution is 0.275. The predicted molar refractivity (Wildman–Crippen MR) is 68.9 cm³/mol. The average Bonchev–Trinajstić information content (AvgIpc) is 2.64. The molecule has 1 aliphatic rings. The van der Waals surface area contributed by atoms with Crippen molar-refractivity contribution in [3.8, 4) is 0 Å². The van der Waals surface area contributed by atoms with Crippen molar-refractivity contribution < 1.29 is 0 Å². The third-order valence-corrected chi connectivity index (χ3v) is 5.05. The van der Waals surface area contributed by atoms with Crippen molar-refractivity contribution >= 4 is 34.7 Å². The van der Waals surface area contributed by atoms with Crippen LogP contribution in [0.15, 0.2) is 6.20 Å². The molecule has 0 aliphatic carbocycles. The van der Waals surface area contributed by atoms with Gasteiger partial charge in [-0.05, 0) is 6.42 Å². The molecule has 1 aromatic heterocycles. The van der Waals surface area contributed by atoms with Gasteiger partial charge >= 0.3 is 0 Å². The minimum Gasteiger partial charge on any atom is -0.296 e. The number of thioether (sulfide) groups is 1. The highest BCUT2D eigenvalue weighted by molar-refractivity contribution is 8.00. The predicted octanol–water partition coefficient (Wildman–Crippen LogP) is 3.12. The Morgan fingerprint density at radius 3 is 3.20 bits per heavy atom. The van der Waals surface area contributed by atoms with E-state index in [1.165, 1.54) is 30.1 Å². The molecule has 0 saturated carbocycles. The van der Waals surface area contributed by atoms with Gasteiger partial charge in [0.2, 0.25) is 0 Å². The van der Waals surface area contributed by atoms with E-state index in [2.05, 4.69) is 28.6 Å². The number of nitrogens with zero attached hydrogens (tertiary/aromatic N) is 2. The molecule has 84 valence electrons. The van der Waals surface area contributed by atoms with Gasteiger partial charge in [0.05, 0.1) is 0 Å². The largest absolute Gasteiger partial charge is 0.296 e. The van der Waals surface area contributed by atoms with Gasteiger partial charge in [-0.15, -0.1) is 11.3 Å². The fraction of sp³-hybridized carbons (Fsp3) is 0.700. The number of rotatable bonds is 3. The van der Waals surface area contributed by atoms with Gasteiger partial charge in [0.15, 0.2) is 4.47 Å². The Balaban J connectivity index is 1.88. The van der Waals surface area contributed by atoms with Gasteiger partial charge in [0.1, 0.15) is 0 Å². The topological polar surface area (TPSA) is 16.1 Å². The first-order valence-electron chi connectivity index (χ1n) is 5.22. The summed E-state index contributed by atoms with van der Waals surface area (Å²) in [7, 11) is 0. The zero-order chi connectivity index (χ0) is 10.7. The van der Waals surface area contributed by atoms with E-state index in [0.29, 0.717) is 4.47 Å². The molecular formula is C10H15ClN2S2. The summed E-state index contributed by atoms with van der Waals surface area (Å²) >= 11 is 9.52. The fourth-order valence-corrected chi connectivity index (χ4v) is 4.02. The van der Waals surface area contributed by atoms with E-state index >= 15 is 0 Å². The van der Waals surface area contributed by atoms with Crippen LogP contribution < -0.4 is 0 Å². The van der Waals surface area contributed by atoms with Crippen LogP contribution >= 0.6 is 34.7 Å². The average molecular weight is 263 g/mol. The van der Waals surface area contributed by atoms with E-state index in [1.54, 1.807) is 11.3 Å². The highest BCUT2D eigenvalue weighted by atomic mass is 35.5. The van der Waals surface area contributed by atoms with Gasteiger partial charge in [0.25, 0.3) is 0 Å². The van der Waals surface area contributed by atoms with E-state index in [-0.39, 0.29) is 0 Å². The van der Waals surface area contributed by atoms with Gasteiger partial charge < -0.3 is 0 Å². The SMILES string of the molecule is CCC1CN(Cc2cnc(Cl)s2)CCS1. The van der Waals surface area contributed by atoms with Crippen molar-refractivity contribution in [2.24, 2.45) is 0 Å². The van der Waals surface area contributed by atoms with Crippen LogP contribution in [0.4, 0.5) is 0 Å². The van der Waals surface area contributed by atoms with Crippen LogP contribution in [0.25, 0.3) is 0 Å². The normalized spacial score (nSPS) is 23.2. The third kappa shape index (κ3) is 3.34. The zero-order valence-corrected chi connectivity index (χ0v) is 11.2. The molecule has 2 rings (SSSR count). The highest BCUT2D eigenvalue weighted by Gasteiger charge is 2.19. The van der Waals surface area contributed by atoms with Gasteiger partial charge in [-0.3, -0.25) is 4.90 Å². The molecule has 1 atom stereocenters. The molecular weight excluding hydrogens is 248 g/mol. The standard InChI is InChI=1S/C10H15ClN2S2/c1-2-8-6-13(3-4-14-8)7-9-5-12-10(11)15-9/h5,8H,2-4,6-7H2,1H3. The Labute approximate surface area is 104 Å². The summed E-state index contributed by atoms with van der Waals surface area (Å²) in [5.41, 5.74) is 0. The summed E-state index contributed by atoms with van der Waals surface area (Å²) in [6.07, 6.45) is 3.17. The molecule has 2 heterocycles. The van der Waals surface area contributed by atoms with Crippen LogP contribution in [0.3, 0.4) is 0 Å². The second kappa shape index (κ2) is 5.53. The van der Waals surface area contributed by atoms with Crippen molar-refractivity contribution in [1.29, 1.82) is 0 Å². The summed E-state index contributed by atoms with van der Waals surface area (Å²) in [5.74, 6) is 1.26. The van der Waals surface area contributed by atoms with E-state index in [1.807, 2.05) is 6.20 Å². The van der Waals surface area contributed by atoms with Gasteiger partial charge in [-0.25, -0.2) is 4.98 Å². The molecule has 1 aliphatic heterocycles. The van der Waals surface area contributed by atoms with Crippen LogP contribution in [0.5, 0.6) is 0 Å². The van der Waals surface area contributed by atoms with E-state index in [9.17, 15) is 0 Å². The minimum absolute atomic E-state index is 0.656. The summed E-state index contributed by atoms with van der Waals surface area (Å²) in [6.45, 7) is 5.68. The molecule has 0 radical (unpaired) electrons. The van der Waals surface area contributed by atoms with Crippen molar-refractivity contribution in [3.05, 3.63) is 15.5 Å². The number of hydrogen-bond donors (Lipinski definition) is 0. The number of halogens is 1. The molecule has 1 unspecified atom stereocenters. The van der Waals surface area contributed by atoms with Crippen LogP contribution in [0.1, 0.15) is 18.2 Å². The number of thiazole rings is 1. The monoisotopic (exact) mass is 262 g/mol. The first kappa shape index (κ1) is 11.7. The Morgan fingerprint density at radius 1 is 1.67 bits per heavy atom. The molecule has 2 nitrogen and oxygen atoms in total. The Morgan fingerprint density at radius 2 is 2.53 bits per heavy atom. The quantitative estimate of drug-likeness (QED) is 0.833. The van der Waals surface area contributed by atoms with E-state index in [4.69, 9.17) is 11.6 Å². The maximum atomic E-state index is 5.82. The van der Waals surface area contributed by atoms with E-state index < -0.39 is 0 Å². The van der Waals surface area contributed by atoms with Crippen LogP contribution in [-0.4, -0.2) is 34.0 Å². The lowest BCUT2D eigenvalue weighted by Gasteiger charge is -2.31. The first-order chi connectivity index (χ1) is 7.28. The first-order valence-corrected chi connectivity index (χ1v) is 7.46. The summed E-state index contributed by atoms with van der Waals surface area (Å²) < 4.78 is 0.656. The summed E-state index contributed by atoms with van der Waals surface area (Å²) in [4.78, 5) is 7.86. The minimum atomic E-state index is 0.656. The maximum absolute atomic E-state index is 5.82. The van der Waals surface area contributed by atoms with Crippen molar-refractivity contribution in [1.82, 2.24) is 9.88 Å². The molecule has 15 heavy (non-hydrogen) atoms. The van der Waals surface area contributed by atoms with Crippen LogP contribution in [-0.2, 0) is 6.54 Å². The maximum Gasteiger partial charge on any atom is 0.183 e. The Hall–Kier alpha value is 0.230. The van der Waals surface area contributed by atoms with Gasteiger partial charge in [-0.2, -0.15) is 11.8 Å². The molecule has 0 aromatic carbocycles. The van der Waals surface area contributed by atoms with Crippen LogP contribution in [0, 0.1) is 0 Å².